The van der Waals surface area contributed by atoms with Gasteiger partial charge >= 0.3 is 15.6 Å². The maximum atomic E-state index is 12.5. The smallest absolute Gasteiger partial charge is 0.394 e. The first-order valence-electron chi connectivity index (χ1n) is 11.3. The summed E-state index contributed by atoms with van der Waals surface area (Å²) in [6.45, 7) is 2.90. The zero-order chi connectivity index (χ0) is 29.3. The minimum atomic E-state index is -5.55. The molecule has 3 rings (SSSR count). The number of hydrogen-bond acceptors (Lipinski definition) is 15. The van der Waals surface area contributed by atoms with Crippen LogP contribution in [-0.4, -0.2) is 114 Å². The molecule has 3 aliphatic rings. The molecule has 222 valence electrons. The lowest BCUT2D eigenvalue weighted by atomic mass is 9.87. The molecule has 11 unspecified atom stereocenters. The molecule has 0 aromatic carbocycles. The molecule has 3 aliphatic heterocycles. The summed E-state index contributed by atoms with van der Waals surface area (Å²) in [5, 5.41) is 52.5. The Bertz CT molecular complexity index is 1070. The van der Waals surface area contributed by atoms with E-state index in [2.05, 4.69) is 20.7 Å². The topological polar surface area (TPSA) is 271 Å². The van der Waals surface area contributed by atoms with Gasteiger partial charge in [-0.3, -0.25) is 13.8 Å². The van der Waals surface area contributed by atoms with Crippen molar-refractivity contribution >= 4 is 27.3 Å². The SMILES string of the molecule is C=C1NC(=O)C=CN1C1OC(COP(=O)(O)OP(=O)(O)OC2OC(CO)C(O)C(O)C2CC(C)=O)C(O)C1O. The van der Waals surface area contributed by atoms with Crippen LogP contribution in [0.15, 0.2) is 24.7 Å². The van der Waals surface area contributed by atoms with Gasteiger partial charge in [0.25, 0.3) is 5.91 Å². The zero-order valence-corrected chi connectivity index (χ0v) is 22.1. The van der Waals surface area contributed by atoms with E-state index >= 15 is 0 Å². The quantitative estimate of drug-likeness (QED) is 0.110. The van der Waals surface area contributed by atoms with Crippen LogP contribution in [0.25, 0.3) is 0 Å². The number of nitrogens with zero attached hydrogens (tertiary/aromatic N) is 1. The van der Waals surface area contributed by atoms with Crippen LogP contribution in [0, 0.1) is 5.92 Å². The molecule has 1 amide bonds. The molecule has 0 spiro atoms. The third-order valence-electron chi connectivity index (χ3n) is 5.95. The van der Waals surface area contributed by atoms with Crippen molar-refractivity contribution in [2.24, 2.45) is 5.92 Å². The van der Waals surface area contributed by atoms with E-state index in [1.54, 1.807) is 0 Å². The van der Waals surface area contributed by atoms with Gasteiger partial charge in [0.1, 0.15) is 42.1 Å². The average Bonchev–Trinajstić information content (AvgIpc) is 3.10. The van der Waals surface area contributed by atoms with Gasteiger partial charge in [-0.1, -0.05) is 6.58 Å². The Balaban J connectivity index is 1.63. The van der Waals surface area contributed by atoms with Crippen LogP contribution in [0.2, 0.25) is 0 Å². The van der Waals surface area contributed by atoms with Crippen molar-refractivity contribution in [3.8, 4) is 0 Å². The maximum absolute atomic E-state index is 12.5. The first-order valence-corrected chi connectivity index (χ1v) is 14.3. The van der Waals surface area contributed by atoms with E-state index < -0.39 is 102 Å². The molecule has 2 fully saturated rings. The van der Waals surface area contributed by atoms with Crippen molar-refractivity contribution in [3.05, 3.63) is 24.7 Å². The molecule has 0 saturated carbocycles. The van der Waals surface area contributed by atoms with E-state index in [0.29, 0.717) is 0 Å². The molecule has 2 saturated heterocycles. The van der Waals surface area contributed by atoms with Crippen molar-refractivity contribution < 1.29 is 76.9 Å². The van der Waals surface area contributed by atoms with Crippen LogP contribution in [0.5, 0.6) is 0 Å². The number of carbonyl (C=O) groups is 2. The number of ketones is 1. The number of ether oxygens (including phenoxy) is 2. The third-order valence-corrected chi connectivity index (χ3v) is 8.55. The molecular formula is C19H30N2O16P2. The largest absolute Gasteiger partial charge is 0.483 e. The third kappa shape index (κ3) is 7.78. The van der Waals surface area contributed by atoms with Gasteiger partial charge in [-0.05, 0) is 6.92 Å². The van der Waals surface area contributed by atoms with Crippen molar-refractivity contribution in [2.75, 3.05) is 13.2 Å². The van der Waals surface area contributed by atoms with Crippen LogP contribution in [0.4, 0.5) is 0 Å². The fraction of sp³-hybridized carbons (Fsp3) is 0.684. The molecule has 20 heteroatoms. The molecule has 0 aliphatic carbocycles. The van der Waals surface area contributed by atoms with Gasteiger partial charge in [0.15, 0.2) is 12.5 Å². The van der Waals surface area contributed by atoms with Gasteiger partial charge in [-0.25, -0.2) is 9.13 Å². The Labute approximate surface area is 221 Å². The second kappa shape index (κ2) is 12.5. The van der Waals surface area contributed by atoms with E-state index in [1.165, 1.54) is 11.1 Å². The Morgan fingerprint density at radius 2 is 1.72 bits per heavy atom. The predicted octanol–water partition coefficient (Wildman–Crippen LogP) is -2.87. The molecule has 0 bridgehead atoms. The van der Waals surface area contributed by atoms with Crippen LogP contribution >= 0.6 is 15.6 Å². The van der Waals surface area contributed by atoms with E-state index in [0.717, 1.165) is 13.0 Å². The van der Waals surface area contributed by atoms with Crippen molar-refractivity contribution in [1.29, 1.82) is 0 Å². The summed E-state index contributed by atoms with van der Waals surface area (Å²) in [6.07, 6.45) is -11.1. The number of nitrogens with one attached hydrogen (secondary N) is 1. The number of carbonyl (C=O) groups excluding carboxylic acids is 2. The lowest BCUT2D eigenvalue weighted by Gasteiger charge is -2.41. The Morgan fingerprint density at radius 3 is 2.31 bits per heavy atom. The molecule has 0 aromatic heterocycles. The van der Waals surface area contributed by atoms with Gasteiger partial charge < -0.3 is 59.8 Å². The first-order chi connectivity index (χ1) is 18.0. The molecule has 18 nitrogen and oxygen atoms in total. The second-order valence-electron chi connectivity index (χ2n) is 8.90. The highest BCUT2D eigenvalue weighted by Gasteiger charge is 2.50. The highest BCUT2D eigenvalue weighted by atomic mass is 31.3. The summed E-state index contributed by atoms with van der Waals surface area (Å²) in [4.78, 5) is 44.2. The minimum Gasteiger partial charge on any atom is -0.394 e. The highest BCUT2D eigenvalue weighted by Crippen LogP contribution is 2.61. The zero-order valence-electron chi connectivity index (χ0n) is 20.3. The first kappa shape index (κ1) is 31.9. The van der Waals surface area contributed by atoms with Gasteiger partial charge in [0, 0.05) is 24.6 Å². The van der Waals surface area contributed by atoms with E-state index in [4.69, 9.17) is 14.0 Å². The number of aliphatic hydroxyl groups excluding tert-OH is 5. The molecule has 8 N–H and O–H groups in total. The van der Waals surface area contributed by atoms with Crippen LogP contribution < -0.4 is 5.32 Å². The normalized spacial score (nSPS) is 38.3. The van der Waals surface area contributed by atoms with Gasteiger partial charge in [-0.2, -0.15) is 4.31 Å². The maximum Gasteiger partial charge on any atom is 0.483 e. The van der Waals surface area contributed by atoms with E-state index in [-0.39, 0.29) is 5.82 Å². The Morgan fingerprint density at radius 1 is 1.08 bits per heavy atom. The van der Waals surface area contributed by atoms with Gasteiger partial charge in [0.05, 0.1) is 19.3 Å². The lowest BCUT2D eigenvalue weighted by molar-refractivity contribution is -0.263. The monoisotopic (exact) mass is 604 g/mol. The molecule has 0 radical (unpaired) electrons. The number of phosphoric acid groups is 2. The number of Topliss-reactive ketones (excluding diaryl/α,β-unsaturated/α-hetero) is 1. The lowest BCUT2D eigenvalue weighted by Crippen LogP contribution is -2.56. The Kier molecular flexibility index (Phi) is 10.2. The number of hydrogen-bond donors (Lipinski definition) is 8. The molecular weight excluding hydrogens is 574 g/mol. The average molecular weight is 604 g/mol. The van der Waals surface area contributed by atoms with Gasteiger partial charge in [-0.15, -0.1) is 0 Å². The fourth-order valence-electron chi connectivity index (χ4n) is 4.08. The van der Waals surface area contributed by atoms with Crippen LogP contribution in [-0.2, 0) is 41.6 Å². The predicted molar refractivity (Wildman–Crippen MR) is 123 cm³/mol. The van der Waals surface area contributed by atoms with Crippen molar-refractivity contribution in [2.45, 2.75) is 62.5 Å². The number of amides is 1. The standard InChI is InChI=1S/C19H30N2O16P2/c1-8(23)5-10-14(25)15(26)11(6-22)35-19(10)36-39(31,32)37-38(29,30)33-7-12-16(27)17(28)18(34-12)21-4-3-13(24)20-9(21)2/h3-4,10-12,14-19,22,25-28H,2,5-7H2,1H3,(H,20,24)(H,29,30)(H,31,32). The molecule has 0 aromatic rings. The molecule has 39 heavy (non-hydrogen) atoms. The van der Waals surface area contributed by atoms with E-state index in [1.807, 2.05) is 0 Å². The van der Waals surface area contributed by atoms with Gasteiger partial charge in [0.2, 0.25) is 0 Å². The highest BCUT2D eigenvalue weighted by molar-refractivity contribution is 7.61. The summed E-state index contributed by atoms with van der Waals surface area (Å²) in [6, 6.07) is 0. The summed E-state index contributed by atoms with van der Waals surface area (Å²) < 4.78 is 49.1. The minimum absolute atomic E-state index is 0.00364. The summed E-state index contributed by atoms with van der Waals surface area (Å²) >= 11 is 0. The number of aliphatic hydroxyl groups is 5. The second-order valence-corrected chi connectivity index (χ2v) is 11.9. The summed E-state index contributed by atoms with van der Waals surface area (Å²) in [5.74, 6) is -2.45. The van der Waals surface area contributed by atoms with E-state index in [9.17, 15) is 54.0 Å². The molecule has 11 atom stereocenters. The Hall–Kier alpha value is -1.60. The number of phosphoric ester groups is 2. The fourth-order valence-corrected chi connectivity index (χ4v) is 6.27. The van der Waals surface area contributed by atoms with Crippen LogP contribution in [0.1, 0.15) is 13.3 Å². The summed E-state index contributed by atoms with van der Waals surface area (Å²) in [7, 11) is -11.0. The van der Waals surface area contributed by atoms with Crippen molar-refractivity contribution in [3.63, 3.8) is 0 Å². The molecule has 3 heterocycles. The van der Waals surface area contributed by atoms with Crippen LogP contribution in [0.3, 0.4) is 0 Å². The van der Waals surface area contributed by atoms with Crippen molar-refractivity contribution in [1.82, 2.24) is 10.2 Å². The number of rotatable bonds is 11. The summed E-state index contributed by atoms with van der Waals surface area (Å²) in [5.41, 5.74) is 0.